The number of ether oxygens (including phenoxy) is 9. The zero-order valence-corrected chi connectivity index (χ0v) is 69.8. The molecule has 15 atom stereocenters. The first kappa shape index (κ1) is 86.1. The minimum Gasteiger partial charge on any atom is -0.458 e. The molecule has 4 fully saturated rings. The van der Waals surface area contributed by atoms with Crippen molar-refractivity contribution in [3.8, 4) is 0 Å². The van der Waals surface area contributed by atoms with Crippen LogP contribution in [0.2, 0.25) is 72.5 Å². The van der Waals surface area contributed by atoms with Gasteiger partial charge in [0.25, 0.3) is 0 Å². The molecule has 568 valence electrons. The standard InChI is InChI=1S/C80H130O17Si4/c1-25-54(5)47-62(94-101(26-2,27-3)28-4)43-45-65-55(6)48-60(89-65)41-39-58(81)40-44-67(95-98(19,20)78(7,8)9)73-75(97-100(23,24)80(13,14)15)74(96-99(21,22)79(10,11)12)72-66(93-73)46-42-61(90-72)49-59(82)50-64-68(52-70(85-16)86-17)92-69(71(64)87-18)51-63(91-77(84)57-37-33-30-34-38-57)53-88-76(83)56-35-31-29-32-36-56/h29-38,40,44,60-75H,1,6,26-28,39,41-43,45-53H2,2-5,7-24H3/b44-40+/t60-,61+,62-,63+,64-,65-,66-,67-,68-,69+,71+,72-,73-,74-,75+/m0/s1. The van der Waals surface area contributed by atoms with Crippen molar-refractivity contribution in [2.75, 3.05) is 27.9 Å². The molecule has 2 aromatic carbocycles. The zero-order chi connectivity index (χ0) is 75.1. The number of hydrogen-bond acceptors (Lipinski definition) is 17. The summed E-state index contributed by atoms with van der Waals surface area (Å²) >= 11 is 0. The number of hydrogen-bond donors (Lipinski definition) is 0. The minimum atomic E-state index is -2.69. The lowest BCUT2D eigenvalue weighted by atomic mass is 9.84. The molecule has 0 unspecified atom stereocenters. The van der Waals surface area contributed by atoms with Gasteiger partial charge in [-0.2, -0.15) is 0 Å². The largest absolute Gasteiger partial charge is 0.458 e. The average molecular weight is 1480 g/mol. The summed E-state index contributed by atoms with van der Waals surface area (Å²) in [5, 5.41) is -0.655. The van der Waals surface area contributed by atoms with E-state index in [1.165, 1.54) is 0 Å². The van der Waals surface area contributed by atoms with Crippen molar-refractivity contribution in [2.24, 2.45) is 5.92 Å². The number of rotatable bonds is 38. The Kier molecular flexibility index (Phi) is 32.0. The van der Waals surface area contributed by atoms with Crippen molar-refractivity contribution in [1.29, 1.82) is 0 Å². The molecule has 2 aromatic rings. The molecule has 4 aliphatic heterocycles. The first-order valence-electron chi connectivity index (χ1n) is 37.4. The third-order valence-corrected chi connectivity index (χ3v) is 41.3. The van der Waals surface area contributed by atoms with Crippen molar-refractivity contribution < 1.29 is 79.5 Å². The number of methoxy groups -OCH3 is 3. The second kappa shape index (κ2) is 37.6. The molecule has 101 heavy (non-hydrogen) atoms. The summed E-state index contributed by atoms with van der Waals surface area (Å²) in [7, 11) is -5.16. The number of esters is 2. The van der Waals surface area contributed by atoms with Gasteiger partial charge >= 0.3 is 11.9 Å². The highest BCUT2D eigenvalue weighted by molar-refractivity contribution is 6.75. The first-order valence-corrected chi connectivity index (χ1v) is 48.7. The van der Waals surface area contributed by atoms with Crippen LogP contribution in [0.4, 0.5) is 0 Å². The van der Waals surface area contributed by atoms with Gasteiger partial charge in [0.05, 0.1) is 60.0 Å². The molecule has 0 bridgehead atoms. The Hall–Kier alpha value is -3.85. The number of Topliss-reactive ketones (excluding diaryl/α,β-unsaturated/α-hetero) is 1. The van der Waals surface area contributed by atoms with Crippen LogP contribution in [0.5, 0.6) is 0 Å². The van der Waals surface area contributed by atoms with Gasteiger partial charge in [-0.15, -0.1) is 5.73 Å². The third-order valence-electron chi connectivity index (χ3n) is 23.2. The zero-order valence-electron chi connectivity index (χ0n) is 65.8. The second-order valence-electron chi connectivity index (χ2n) is 33.4. The van der Waals surface area contributed by atoms with E-state index < -0.39 is 125 Å². The topological polar surface area (TPSA) is 188 Å². The fourth-order valence-corrected chi connectivity index (χ4v) is 20.3. The van der Waals surface area contributed by atoms with Crippen LogP contribution in [0, 0.1) is 5.92 Å². The lowest BCUT2D eigenvalue weighted by Gasteiger charge is -2.56. The molecule has 0 aromatic heterocycles. The van der Waals surface area contributed by atoms with Gasteiger partial charge in [0.2, 0.25) is 0 Å². The highest BCUT2D eigenvalue weighted by Gasteiger charge is 2.58. The summed E-state index contributed by atoms with van der Waals surface area (Å²) in [6, 6.07) is 20.5. The van der Waals surface area contributed by atoms with Crippen molar-refractivity contribution in [1.82, 2.24) is 0 Å². The molecule has 4 saturated heterocycles. The molecule has 0 aliphatic carbocycles. The molecule has 4 aliphatic rings. The predicted octanol–water partition coefficient (Wildman–Crippen LogP) is 17.6. The summed E-state index contributed by atoms with van der Waals surface area (Å²) < 4.78 is 88.2. The van der Waals surface area contributed by atoms with Crippen LogP contribution in [0.1, 0.15) is 188 Å². The van der Waals surface area contributed by atoms with E-state index >= 15 is 4.79 Å². The molecular formula is C80H130O17Si4. The van der Waals surface area contributed by atoms with E-state index in [1.807, 2.05) is 18.2 Å². The SMILES string of the molecule is C=C=C(C)C[C@H](CC[C@@H]1O[C@@H](CCC(=O)/C=C/[C@H](O[Si](C)(C)C(C)(C)C)[C@@H]2O[C@H]3CC[C@H](CC(=O)C[C@@H]4[C@@H](OC)[C@@H](C[C@H](COC(=O)c5ccccc5)OC(=O)c5ccccc5)O[C@H]4CC(OC)OC)O[C@@H]3[C@H](O[Si](C)(C)C(C)(C)C)[C@@H]2O[Si](C)(C)C(C)(C)C)CC1=C)O[Si](CC)(CC)CC. The third kappa shape index (κ3) is 23.8. The van der Waals surface area contributed by atoms with Crippen LogP contribution >= 0.6 is 0 Å². The minimum absolute atomic E-state index is 0.0276. The van der Waals surface area contributed by atoms with Gasteiger partial charge in [-0.1, -0.05) is 139 Å². The number of ketones is 2. The van der Waals surface area contributed by atoms with Gasteiger partial charge < -0.3 is 60.3 Å². The predicted molar refractivity (Wildman–Crippen MR) is 409 cm³/mol. The summed E-state index contributed by atoms with van der Waals surface area (Å²) in [5.41, 5.74) is 5.95. The molecule has 0 amide bonds. The molecule has 17 nitrogen and oxygen atoms in total. The number of allylic oxidation sites excluding steroid dienone is 1. The summed E-state index contributed by atoms with van der Waals surface area (Å²) in [6.07, 6.45) is 1.08. The van der Waals surface area contributed by atoms with Crippen LogP contribution in [-0.2, 0) is 69.9 Å². The van der Waals surface area contributed by atoms with Crippen LogP contribution < -0.4 is 0 Å². The smallest absolute Gasteiger partial charge is 0.338 e. The highest BCUT2D eigenvalue weighted by atomic mass is 28.4. The quantitative estimate of drug-likeness (QED) is 0.0154. The van der Waals surface area contributed by atoms with Gasteiger partial charge in [-0.25, -0.2) is 9.59 Å². The number of benzene rings is 2. The maximum absolute atomic E-state index is 15.1. The number of fused-ring (bicyclic) bond motifs is 1. The Bertz CT molecular complexity index is 3040. The molecular weight excluding hydrogens is 1350 g/mol. The van der Waals surface area contributed by atoms with E-state index in [4.69, 9.17) is 60.3 Å². The van der Waals surface area contributed by atoms with E-state index in [9.17, 15) is 14.4 Å². The Balaban J connectivity index is 1.27. The van der Waals surface area contributed by atoms with Gasteiger partial charge in [-0.3, -0.25) is 9.59 Å². The van der Waals surface area contributed by atoms with Crippen molar-refractivity contribution in [3.05, 3.63) is 114 Å². The van der Waals surface area contributed by atoms with Crippen LogP contribution in [0.15, 0.2) is 103 Å². The van der Waals surface area contributed by atoms with E-state index in [0.29, 0.717) is 36.8 Å². The van der Waals surface area contributed by atoms with E-state index in [-0.39, 0.29) is 83.7 Å². The van der Waals surface area contributed by atoms with Crippen LogP contribution in [-0.4, -0.2) is 176 Å². The molecule has 6 rings (SSSR count). The Labute approximate surface area is 612 Å². The van der Waals surface area contributed by atoms with Crippen molar-refractivity contribution in [2.45, 2.75) is 331 Å². The van der Waals surface area contributed by atoms with E-state index in [2.05, 4.69) is 148 Å². The normalized spacial score (nSPS) is 25.8. The highest BCUT2D eigenvalue weighted by Crippen LogP contribution is 2.48. The lowest BCUT2D eigenvalue weighted by molar-refractivity contribution is -0.266. The van der Waals surface area contributed by atoms with Gasteiger partial charge in [-0.05, 0) is 159 Å². The van der Waals surface area contributed by atoms with Gasteiger partial charge in [0.15, 0.2) is 45.3 Å². The molecule has 21 heteroatoms. The summed E-state index contributed by atoms with van der Waals surface area (Å²) in [5.74, 6) is -1.73. The van der Waals surface area contributed by atoms with Crippen LogP contribution in [0.25, 0.3) is 0 Å². The van der Waals surface area contributed by atoms with Crippen molar-refractivity contribution in [3.63, 3.8) is 0 Å². The van der Waals surface area contributed by atoms with E-state index in [1.54, 1.807) is 75.9 Å². The Morgan fingerprint density at radius 2 is 1.23 bits per heavy atom. The summed E-state index contributed by atoms with van der Waals surface area (Å²) in [4.78, 5) is 56.5. The fourth-order valence-electron chi connectivity index (χ4n) is 13.6. The van der Waals surface area contributed by atoms with Crippen molar-refractivity contribution >= 4 is 56.8 Å². The van der Waals surface area contributed by atoms with Gasteiger partial charge in [0, 0.05) is 71.9 Å². The maximum Gasteiger partial charge on any atom is 0.338 e. The molecule has 0 radical (unpaired) electrons. The Morgan fingerprint density at radius 1 is 0.653 bits per heavy atom. The Morgan fingerprint density at radius 3 is 1.77 bits per heavy atom. The maximum atomic E-state index is 15.1. The average Bonchev–Trinajstić information content (AvgIpc) is 1.37. The molecule has 4 heterocycles. The number of carbonyl (C=O) groups is 4. The van der Waals surface area contributed by atoms with E-state index in [0.717, 1.165) is 48.5 Å². The molecule has 0 spiro atoms. The monoisotopic (exact) mass is 1470 g/mol. The second-order valence-corrected chi connectivity index (χ2v) is 52.4. The summed E-state index contributed by atoms with van der Waals surface area (Å²) in [6.45, 7) is 50.5. The molecule has 0 saturated carbocycles. The lowest BCUT2D eigenvalue weighted by Crippen LogP contribution is -2.69. The number of carbonyl (C=O) groups excluding carboxylic acids is 4. The molecule has 0 N–H and O–H groups in total. The fraction of sp³-hybridized carbons (Fsp3) is 0.713. The van der Waals surface area contributed by atoms with Gasteiger partial charge in [0.1, 0.15) is 42.9 Å². The van der Waals surface area contributed by atoms with Crippen LogP contribution in [0.3, 0.4) is 0 Å². The first-order chi connectivity index (χ1) is 47.3.